The summed E-state index contributed by atoms with van der Waals surface area (Å²) in [6.45, 7) is 0.422. The van der Waals surface area contributed by atoms with Crippen molar-refractivity contribution in [2.45, 2.75) is 13.0 Å². The lowest BCUT2D eigenvalue weighted by Crippen LogP contribution is -2.34. The normalized spacial score (nSPS) is 10.4. The van der Waals surface area contributed by atoms with Crippen molar-refractivity contribution in [2.24, 2.45) is 0 Å². The smallest absolute Gasteiger partial charge is 0.314 e. The van der Waals surface area contributed by atoms with E-state index in [-0.39, 0.29) is 11.2 Å². The van der Waals surface area contributed by atoms with Crippen LogP contribution in [0.5, 0.6) is 0 Å². The highest BCUT2D eigenvalue weighted by Crippen LogP contribution is 2.06. The summed E-state index contributed by atoms with van der Waals surface area (Å²) >= 11 is 1.61. The first-order valence-corrected chi connectivity index (χ1v) is 5.51. The molecule has 2 heterocycles. The number of nitrogens with zero attached hydrogens (tertiary/aromatic N) is 1. The van der Waals surface area contributed by atoms with Gasteiger partial charge in [-0.3, -0.25) is 9.36 Å². The zero-order chi connectivity index (χ0) is 10.7. The van der Waals surface area contributed by atoms with E-state index < -0.39 is 0 Å². The monoisotopic (exact) mass is 222 g/mol. The third kappa shape index (κ3) is 2.24. The Bertz CT molecular complexity index is 511. The second-order valence-corrected chi connectivity index (χ2v) is 3.93. The van der Waals surface area contributed by atoms with Gasteiger partial charge in [0.05, 0.1) is 0 Å². The average Bonchev–Trinajstić information content (AvgIpc) is 2.70. The fraction of sp³-hybridized carbons (Fsp3) is 0.200. The van der Waals surface area contributed by atoms with E-state index in [4.69, 9.17) is 0 Å². The van der Waals surface area contributed by atoms with Crippen LogP contribution in [0.2, 0.25) is 0 Å². The molecule has 0 radical (unpaired) electrons. The quantitative estimate of drug-likeness (QED) is 0.836. The molecule has 4 nitrogen and oxygen atoms in total. The Kier molecular flexibility index (Phi) is 2.82. The van der Waals surface area contributed by atoms with Crippen LogP contribution in [-0.2, 0) is 13.0 Å². The molecule has 0 aliphatic heterocycles. The maximum atomic E-state index is 11.3. The molecule has 0 aliphatic rings. The van der Waals surface area contributed by atoms with Crippen molar-refractivity contribution in [1.29, 1.82) is 0 Å². The highest BCUT2D eigenvalue weighted by molar-refractivity contribution is 7.07. The van der Waals surface area contributed by atoms with Gasteiger partial charge < -0.3 is 4.98 Å². The van der Waals surface area contributed by atoms with Crippen LogP contribution in [-0.4, -0.2) is 9.55 Å². The van der Waals surface area contributed by atoms with Crippen molar-refractivity contribution in [2.75, 3.05) is 0 Å². The van der Waals surface area contributed by atoms with E-state index in [0.717, 1.165) is 5.56 Å². The van der Waals surface area contributed by atoms with Crippen molar-refractivity contribution in [3.8, 4) is 0 Å². The largest absolute Gasteiger partial charge is 0.328 e. The number of thiophene rings is 1. The highest BCUT2D eigenvalue weighted by atomic mass is 32.1. The van der Waals surface area contributed by atoms with Crippen LogP contribution in [0.15, 0.2) is 38.7 Å². The minimum absolute atomic E-state index is 0.256. The summed E-state index contributed by atoms with van der Waals surface area (Å²) < 4.78 is 1.21. The number of nitrogens with one attached hydrogen (secondary N) is 1. The minimum atomic E-state index is -0.349. The predicted molar refractivity (Wildman–Crippen MR) is 59.3 cm³/mol. The summed E-state index contributed by atoms with van der Waals surface area (Å²) in [4.78, 5) is 25.1. The van der Waals surface area contributed by atoms with Gasteiger partial charge in [0.25, 0.3) is 5.56 Å². The predicted octanol–water partition coefficient (Wildman–Crippen LogP) is 0.841. The second-order valence-electron chi connectivity index (χ2n) is 3.15. The van der Waals surface area contributed by atoms with E-state index in [2.05, 4.69) is 4.98 Å². The Morgan fingerprint density at radius 3 is 2.87 bits per heavy atom. The van der Waals surface area contributed by atoms with E-state index in [1.807, 2.05) is 16.8 Å². The van der Waals surface area contributed by atoms with Crippen LogP contribution >= 0.6 is 11.3 Å². The molecular weight excluding hydrogens is 212 g/mol. The number of rotatable bonds is 3. The Labute approximate surface area is 89.8 Å². The van der Waals surface area contributed by atoms with Crippen LogP contribution in [0, 0.1) is 0 Å². The molecule has 2 rings (SSSR count). The van der Waals surface area contributed by atoms with E-state index >= 15 is 0 Å². The topological polar surface area (TPSA) is 54.9 Å². The minimum Gasteiger partial charge on any atom is -0.314 e. The molecule has 0 unspecified atom stereocenters. The molecule has 78 valence electrons. The standard InChI is InChI=1S/C10H10N2O2S/c13-9-1-4-11-10(14)12(9)5-2-8-3-6-15-7-8/h1,3-4,6-7H,2,5H2,(H,11,14). The molecule has 15 heavy (non-hydrogen) atoms. The van der Waals surface area contributed by atoms with Gasteiger partial charge in [0.15, 0.2) is 0 Å². The third-order valence-electron chi connectivity index (χ3n) is 2.15. The maximum Gasteiger partial charge on any atom is 0.328 e. The van der Waals surface area contributed by atoms with Crippen molar-refractivity contribution < 1.29 is 0 Å². The maximum absolute atomic E-state index is 11.3. The molecule has 0 spiro atoms. The molecule has 0 amide bonds. The summed E-state index contributed by atoms with van der Waals surface area (Å²) in [6.07, 6.45) is 2.07. The van der Waals surface area contributed by atoms with Gasteiger partial charge in [-0.25, -0.2) is 4.79 Å². The highest BCUT2D eigenvalue weighted by Gasteiger charge is 2.00. The summed E-state index contributed by atoms with van der Waals surface area (Å²) in [5, 5.41) is 4.00. The van der Waals surface area contributed by atoms with Gasteiger partial charge in [0, 0.05) is 18.8 Å². The Hall–Kier alpha value is -1.62. The van der Waals surface area contributed by atoms with Crippen LogP contribution in [0.4, 0.5) is 0 Å². The molecule has 2 aromatic heterocycles. The SMILES string of the molecule is O=c1cc[nH]c(=O)n1CCc1ccsc1. The first kappa shape index (κ1) is 9.92. The molecule has 5 heteroatoms. The fourth-order valence-electron chi connectivity index (χ4n) is 1.34. The van der Waals surface area contributed by atoms with Gasteiger partial charge in [0.1, 0.15) is 0 Å². The van der Waals surface area contributed by atoms with Crippen LogP contribution in [0.1, 0.15) is 5.56 Å². The first-order valence-electron chi connectivity index (χ1n) is 4.57. The summed E-state index contributed by atoms with van der Waals surface area (Å²) in [5.74, 6) is 0. The summed E-state index contributed by atoms with van der Waals surface area (Å²) in [5.41, 5.74) is 0.543. The van der Waals surface area contributed by atoms with Gasteiger partial charge in [0.2, 0.25) is 0 Å². The zero-order valence-electron chi connectivity index (χ0n) is 7.97. The van der Waals surface area contributed by atoms with Crippen molar-refractivity contribution in [3.63, 3.8) is 0 Å². The summed E-state index contributed by atoms with van der Waals surface area (Å²) in [6, 6.07) is 3.35. The molecule has 0 saturated carbocycles. The van der Waals surface area contributed by atoms with Gasteiger partial charge in [-0.05, 0) is 28.8 Å². The van der Waals surface area contributed by atoms with Gasteiger partial charge >= 0.3 is 5.69 Å². The van der Waals surface area contributed by atoms with Crippen molar-refractivity contribution >= 4 is 11.3 Å². The Morgan fingerprint density at radius 1 is 1.33 bits per heavy atom. The number of hydrogen-bond donors (Lipinski definition) is 1. The van der Waals surface area contributed by atoms with Crippen LogP contribution in [0.25, 0.3) is 0 Å². The first-order chi connectivity index (χ1) is 7.27. The molecule has 0 saturated heterocycles. The Morgan fingerprint density at radius 2 is 2.20 bits per heavy atom. The van der Waals surface area contributed by atoms with Gasteiger partial charge in [-0.1, -0.05) is 0 Å². The number of H-pyrrole nitrogens is 1. The number of aryl methyl sites for hydroxylation is 1. The second kappa shape index (κ2) is 4.27. The molecular formula is C10H10N2O2S. The molecule has 0 atom stereocenters. The lowest BCUT2D eigenvalue weighted by atomic mass is 10.2. The van der Waals surface area contributed by atoms with Crippen LogP contribution in [0.3, 0.4) is 0 Å². The van der Waals surface area contributed by atoms with Gasteiger partial charge in [-0.2, -0.15) is 11.3 Å². The fourth-order valence-corrected chi connectivity index (χ4v) is 2.04. The van der Waals surface area contributed by atoms with Crippen LogP contribution < -0.4 is 11.2 Å². The number of aromatic amines is 1. The third-order valence-corrected chi connectivity index (χ3v) is 2.88. The average molecular weight is 222 g/mol. The molecule has 0 aliphatic carbocycles. The number of aromatic nitrogens is 2. The van der Waals surface area contributed by atoms with Gasteiger partial charge in [-0.15, -0.1) is 0 Å². The molecule has 1 N–H and O–H groups in total. The van der Waals surface area contributed by atoms with E-state index in [9.17, 15) is 9.59 Å². The van der Waals surface area contributed by atoms with E-state index in [0.29, 0.717) is 13.0 Å². The summed E-state index contributed by atoms with van der Waals surface area (Å²) in [7, 11) is 0. The Balaban J connectivity index is 2.18. The molecule has 2 aromatic rings. The van der Waals surface area contributed by atoms with Crippen molar-refractivity contribution in [3.05, 3.63) is 55.5 Å². The molecule has 0 fully saturated rings. The van der Waals surface area contributed by atoms with E-state index in [1.165, 1.54) is 16.8 Å². The lowest BCUT2D eigenvalue weighted by Gasteiger charge is -2.01. The molecule has 0 bridgehead atoms. The number of hydrogen-bond acceptors (Lipinski definition) is 3. The molecule has 0 aromatic carbocycles. The van der Waals surface area contributed by atoms with E-state index in [1.54, 1.807) is 11.3 Å². The lowest BCUT2D eigenvalue weighted by molar-refractivity contribution is 0.628. The zero-order valence-corrected chi connectivity index (χ0v) is 8.79. The van der Waals surface area contributed by atoms with Crippen molar-refractivity contribution in [1.82, 2.24) is 9.55 Å².